The molecule has 0 unspecified atom stereocenters. The molecule has 0 aliphatic heterocycles. The smallest absolute Gasteiger partial charge is 0.224 e. The molecule has 2 aromatic carbocycles. The lowest BCUT2D eigenvalue weighted by molar-refractivity contribution is -0.116. The highest BCUT2D eigenvalue weighted by Gasteiger charge is 2.07. The number of nitrogens with zero attached hydrogens (tertiary/aromatic N) is 6. The van der Waals surface area contributed by atoms with Crippen LogP contribution in [0.15, 0.2) is 73.1 Å². The molecule has 0 atom stereocenters. The van der Waals surface area contributed by atoms with Gasteiger partial charge < -0.3 is 5.32 Å². The number of rotatable bonds is 8. The third kappa shape index (κ3) is 5.13. The highest BCUT2D eigenvalue weighted by atomic mass is 16.1. The maximum Gasteiger partial charge on any atom is 0.224 e. The van der Waals surface area contributed by atoms with Crippen molar-refractivity contribution in [3.63, 3.8) is 0 Å². The standard InChI is InChI=1S/C21H21N7O/c29-20(23-19-10-4-7-17(15-19)16-27-13-6-12-22-27)11-5-14-28-25-21(24-26-28)18-8-2-1-3-9-18/h1-4,6-10,12-13,15H,5,11,14,16H2,(H,23,29). The maximum absolute atomic E-state index is 12.3. The van der Waals surface area contributed by atoms with E-state index in [0.29, 0.717) is 31.8 Å². The summed E-state index contributed by atoms with van der Waals surface area (Å²) in [7, 11) is 0. The minimum atomic E-state index is -0.0374. The molecule has 4 aromatic rings. The molecule has 1 amide bonds. The van der Waals surface area contributed by atoms with E-state index in [1.807, 2.05) is 71.5 Å². The molecule has 8 heteroatoms. The van der Waals surface area contributed by atoms with Crippen LogP contribution in [0.2, 0.25) is 0 Å². The number of nitrogens with one attached hydrogen (secondary N) is 1. The Labute approximate surface area is 168 Å². The van der Waals surface area contributed by atoms with Gasteiger partial charge in [0.05, 0.1) is 13.1 Å². The molecular formula is C21H21N7O. The quantitative estimate of drug-likeness (QED) is 0.502. The van der Waals surface area contributed by atoms with Gasteiger partial charge in [0.2, 0.25) is 11.7 Å². The largest absolute Gasteiger partial charge is 0.326 e. The molecular weight excluding hydrogens is 366 g/mol. The van der Waals surface area contributed by atoms with Gasteiger partial charge in [-0.15, -0.1) is 10.2 Å². The first-order chi connectivity index (χ1) is 14.3. The lowest BCUT2D eigenvalue weighted by Gasteiger charge is -2.08. The summed E-state index contributed by atoms with van der Waals surface area (Å²) < 4.78 is 1.84. The second-order valence-electron chi connectivity index (χ2n) is 6.63. The van der Waals surface area contributed by atoms with E-state index in [1.165, 1.54) is 4.80 Å². The van der Waals surface area contributed by atoms with E-state index >= 15 is 0 Å². The van der Waals surface area contributed by atoms with E-state index in [1.54, 1.807) is 6.20 Å². The third-order valence-electron chi connectivity index (χ3n) is 4.36. The van der Waals surface area contributed by atoms with Crippen molar-refractivity contribution < 1.29 is 4.79 Å². The SMILES string of the molecule is O=C(CCCn1nnc(-c2ccccc2)n1)Nc1cccc(Cn2cccn2)c1. The lowest BCUT2D eigenvalue weighted by atomic mass is 10.2. The molecule has 146 valence electrons. The Hall–Kier alpha value is -3.81. The first-order valence-corrected chi connectivity index (χ1v) is 9.46. The Balaban J connectivity index is 1.26. The molecule has 0 aliphatic carbocycles. The van der Waals surface area contributed by atoms with Crippen LogP contribution >= 0.6 is 0 Å². The molecule has 0 saturated heterocycles. The maximum atomic E-state index is 12.3. The number of anilines is 1. The topological polar surface area (TPSA) is 90.5 Å². The monoisotopic (exact) mass is 387 g/mol. The summed E-state index contributed by atoms with van der Waals surface area (Å²) in [5.74, 6) is 0.550. The van der Waals surface area contributed by atoms with Crippen LogP contribution in [0.5, 0.6) is 0 Å². The van der Waals surface area contributed by atoms with Gasteiger partial charge >= 0.3 is 0 Å². The molecule has 8 nitrogen and oxygen atoms in total. The molecule has 0 aliphatic rings. The third-order valence-corrected chi connectivity index (χ3v) is 4.36. The van der Waals surface area contributed by atoms with Gasteiger partial charge in [0, 0.05) is 30.1 Å². The zero-order valence-electron chi connectivity index (χ0n) is 15.8. The highest BCUT2D eigenvalue weighted by Crippen LogP contribution is 2.13. The molecule has 0 saturated carbocycles. The van der Waals surface area contributed by atoms with Crippen molar-refractivity contribution in [2.75, 3.05) is 5.32 Å². The number of hydrogen-bond donors (Lipinski definition) is 1. The minimum Gasteiger partial charge on any atom is -0.326 e. The van der Waals surface area contributed by atoms with Crippen LogP contribution in [0.4, 0.5) is 5.69 Å². The van der Waals surface area contributed by atoms with E-state index in [0.717, 1.165) is 16.8 Å². The van der Waals surface area contributed by atoms with Crippen LogP contribution in [-0.4, -0.2) is 35.9 Å². The van der Waals surface area contributed by atoms with E-state index in [2.05, 4.69) is 25.8 Å². The van der Waals surface area contributed by atoms with Gasteiger partial charge in [0.1, 0.15) is 0 Å². The van der Waals surface area contributed by atoms with Gasteiger partial charge in [-0.1, -0.05) is 42.5 Å². The number of benzene rings is 2. The molecule has 0 spiro atoms. The molecule has 0 radical (unpaired) electrons. The molecule has 4 rings (SSSR count). The number of amides is 1. The van der Waals surface area contributed by atoms with Crippen LogP contribution in [0, 0.1) is 0 Å². The zero-order chi connectivity index (χ0) is 19.9. The molecule has 0 bridgehead atoms. The lowest BCUT2D eigenvalue weighted by Crippen LogP contribution is -2.13. The molecule has 29 heavy (non-hydrogen) atoms. The molecule has 1 N–H and O–H groups in total. The van der Waals surface area contributed by atoms with Crippen LogP contribution in [0.1, 0.15) is 18.4 Å². The fourth-order valence-corrected chi connectivity index (χ4v) is 2.97. The molecule has 2 aromatic heterocycles. The van der Waals surface area contributed by atoms with Crippen molar-refractivity contribution >= 4 is 11.6 Å². The number of carbonyl (C=O) groups excluding carboxylic acids is 1. The minimum absolute atomic E-state index is 0.0374. The van der Waals surface area contributed by atoms with Crippen LogP contribution in [0.25, 0.3) is 11.4 Å². The normalized spacial score (nSPS) is 10.8. The van der Waals surface area contributed by atoms with Crippen molar-refractivity contribution in [1.82, 2.24) is 30.0 Å². The first kappa shape index (κ1) is 18.5. The van der Waals surface area contributed by atoms with Gasteiger partial charge in [-0.3, -0.25) is 9.48 Å². The second-order valence-corrected chi connectivity index (χ2v) is 6.63. The summed E-state index contributed by atoms with van der Waals surface area (Å²) in [5.41, 5.74) is 2.78. The Morgan fingerprint density at radius 3 is 2.76 bits per heavy atom. The fraction of sp³-hybridized carbons (Fsp3) is 0.190. The van der Waals surface area contributed by atoms with Gasteiger partial charge in [-0.05, 0) is 35.4 Å². The number of carbonyl (C=O) groups is 1. The fourth-order valence-electron chi connectivity index (χ4n) is 2.97. The summed E-state index contributed by atoms with van der Waals surface area (Å²) in [5, 5.41) is 19.6. The van der Waals surface area contributed by atoms with Gasteiger partial charge in [-0.25, -0.2) is 0 Å². The predicted octanol–water partition coefficient (Wildman–Crippen LogP) is 3.00. The first-order valence-electron chi connectivity index (χ1n) is 9.46. The van der Waals surface area contributed by atoms with Crippen molar-refractivity contribution in [3.05, 3.63) is 78.6 Å². The summed E-state index contributed by atoms with van der Waals surface area (Å²) in [4.78, 5) is 13.8. The second kappa shape index (κ2) is 8.92. The van der Waals surface area contributed by atoms with Crippen molar-refractivity contribution in [2.45, 2.75) is 25.9 Å². The number of tetrazole rings is 1. The van der Waals surface area contributed by atoms with E-state index < -0.39 is 0 Å². The number of aryl methyl sites for hydroxylation is 1. The predicted molar refractivity (Wildman–Crippen MR) is 109 cm³/mol. The Morgan fingerprint density at radius 2 is 1.93 bits per heavy atom. The van der Waals surface area contributed by atoms with Gasteiger partial charge in [-0.2, -0.15) is 9.90 Å². The van der Waals surface area contributed by atoms with Crippen LogP contribution < -0.4 is 5.32 Å². The zero-order valence-corrected chi connectivity index (χ0v) is 15.8. The molecule has 2 heterocycles. The van der Waals surface area contributed by atoms with Crippen LogP contribution in [0.3, 0.4) is 0 Å². The summed E-state index contributed by atoms with van der Waals surface area (Å²) in [6, 6.07) is 19.4. The number of hydrogen-bond acceptors (Lipinski definition) is 5. The average Bonchev–Trinajstić information content (AvgIpc) is 3.41. The van der Waals surface area contributed by atoms with Crippen molar-refractivity contribution in [3.8, 4) is 11.4 Å². The van der Waals surface area contributed by atoms with Crippen LogP contribution in [-0.2, 0) is 17.9 Å². The average molecular weight is 387 g/mol. The Kier molecular flexibility index (Phi) is 5.70. The van der Waals surface area contributed by atoms with E-state index in [9.17, 15) is 4.79 Å². The summed E-state index contributed by atoms with van der Waals surface area (Å²) >= 11 is 0. The Bertz CT molecular complexity index is 1060. The molecule has 0 fully saturated rings. The number of aromatic nitrogens is 6. The van der Waals surface area contributed by atoms with Gasteiger partial charge in [0.25, 0.3) is 0 Å². The highest BCUT2D eigenvalue weighted by molar-refractivity contribution is 5.90. The van der Waals surface area contributed by atoms with Crippen molar-refractivity contribution in [2.24, 2.45) is 0 Å². The summed E-state index contributed by atoms with van der Waals surface area (Å²) in [6.07, 6.45) is 4.67. The van der Waals surface area contributed by atoms with E-state index in [-0.39, 0.29) is 5.91 Å². The van der Waals surface area contributed by atoms with Gasteiger partial charge in [0.15, 0.2) is 0 Å². The van der Waals surface area contributed by atoms with Crippen molar-refractivity contribution in [1.29, 1.82) is 0 Å². The van der Waals surface area contributed by atoms with E-state index in [4.69, 9.17) is 0 Å². The Morgan fingerprint density at radius 1 is 1.03 bits per heavy atom. The summed E-state index contributed by atoms with van der Waals surface area (Å²) in [6.45, 7) is 1.20.